The Morgan fingerprint density at radius 1 is 1.21 bits per heavy atom. The van der Waals surface area contributed by atoms with Crippen LogP contribution in [0.1, 0.15) is 18.4 Å². The molecule has 0 fully saturated rings. The number of fused-ring (bicyclic) bond motifs is 2. The first-order chi connectivity index (χ1) is 14.0. The fraction of sp³-hybridized carbons (Fsp3) is 0.190. The molecule has 0 radical (unpaired) electrons. The summed E-state index contributed by atoms with van der Waals surface area (Å²) in [5, 5.41) is 17.1. The minimum absolute atomic E-state index is 0.0107. The average Bonchev–Trinajstić information content (AvgIpc) is 2.71. The second-order valence-electron chi connectivity index (χ2n) is 6.96. The Kier molecular flexibility index (Phi) is 4.90. The maximum absolute atomic E-state index is 12.3. The summed E-state index contributed by atoms with van der Waals surface area (Å²) in [6, 6.07) is 15.3. The lowest BCUT2D eigenvalue weighted by Gasteiger charge is -2.24. The number of para-hydroxylation sites is 1. The first-order valence-electron chi connectivity index (χ1n) is 9.23. The van der Waals surface area contributed by atoms with Crippen LogP contribution in [-0.4, -0.2) is 21.7 Å². The van der Waals surface area contributed by atoms with Crippen molar-refractivity contribution in [1.82, 2.24) is 4.98 Å². The number of rotatable bonds is 5. The topological polar surface area (TPSA) is 114 Å². The maximum atomic E-state index is 12.3. The number of amides is 2. The molecule has 0 saturated carbocycles. The summed E-state index contributed by atoms with van der Waals surface area (Å²) in [5.74, 6) is -0.178. The van der Waals surface area contributed by atoms with Crippen LogP contribution in [0.15, 0.2) is 54.6 Å². The highest BCUT2D eigenvalue weighted by Crippen LogP contribution is 2.27. The van der Waals surface area contributed by atoms with E-state index in [9.17, 15) is 19.7 Å². The van der Waals surface area contributed by atoms with Crippen molar-refractivity contribution in [2.45, 2.75) is 19.3 Å². The maximum Gasteiger partial charge on any atom is 0.270 e. The monoisotopic (exact) mass is 390 g/mol. The van der Waals surface area contributed by atoms with Crippen LogP contribution in [-0.2, 0) is 16.0 Å². The van der Waals surface area contributed by atoms with Crippen LogP contribution in [0.4, 0.5) is 17.2 Å². The molecule has 1 aliphatic heterocycles. The van der Waals surface area contributed by atoms with Gasteiger partial charge in [-0.1, -0.05) is 18.2 Å². The molecule has 0 saturated heterocycles. The van der Waals surface area contributed by atoms with Crippen LogP contribution >= 0.6 is 0 Å². The predicted molar refractivity (Wildman–Crippen MR) is 109 cm³/mol. The van der Waals surface area contributed by atoms with Gasteiger partial charge in [-0.15, -0.1) is 0 Å². The lowest BCUT2D eigenvalue weighted by atomic mass is 9.89. The summed E-state index contributed by atoms with van der Waals surface area (Å²) in [7, 11) is 0. The average molecular weight is 390 g/mol. The molecular formula is C21H18N4O4. The van der Waals surface area contributed by atoms with E-state index in [-0.39, 0.29) is 29.8 Å². The Morgan fingerprint density at radius 3 is 2.86 bits per heavy atom. The van der Waals surface area contributed by atoms with Crippen LogP contribution in [0.3, 0.4) is 0 Å². The lowest BCUT2D eigenvalue weighted by Crippen LogP contribution is -2.30. The third-order valence-electron chi connectivity index (χ3n) is 4.98. The van der Waals surface area contributed by atoms with Gasteiger partial charge in [-0.2, -0.15) is 0 Å². The summed E-state index contributed by atoms with van der Waals surface area (Å²) < 4.78 is 0. The third-order valence-corrected chi connectivity index (χ3v) is 4.98. The van der Waals surface area contributed by atoms with Crippen LogP contribution in [0.5, 0.6) is 0 Å². The van der Waals surface area contributed by atoms with Crippen molar-refractivity contribution in [3.8, 4) is 0 Å². The zero-order valence-corrected chi connectivity index (χ0v) is 15.4. The molecule has 1 aliphatic rings. The highest BCUT2D eigenvalue weighted by Gasteiger charge is 2.26. The van der Waals surface area contributed by atoms with Gasteiger partial charge in [0, 0.05) is 35.5 Å². The zero-order valence-electron chi connectivity index (χ0n) is 15.4. The number of nitro benzene ring substituents is 1. The Bertz CT molecular complexity index is 1130. The summed E-state index contributed by atoms with van der Waals surface area (Å²) in [6.45, 7) is 0. The van der Waals surface area contributed by atoms with Gasteiger partial charge in [0.2, 0.25) is 11.8 Å². The quantitative estimate of drug-likeness (QED) is 0.509. The van der Waals surface area contributed by atoms with E-state index in [2.05, 4.69) is 15.6 Å². The molecule has 8 nitrogen and oxygen atoms in total. The van der Waals surface area contributed by atoms with Crippen LogP contribution in [0, 0.1) is 16.0 Å². The van der Waals surface area contributed by atoms with E-state index in [4.69, 9.17) is 0 Å². The lowest BCUT2D eigenvalue weighted by molar-refractivity contribution is -0.384. The Balaban J connectivity index is 1.38. The van der Waals surface area contributed by atoms with Gasteiger partial charge >= 0.3 is 0 Å². The fourth-order valence-corrected chi connectivity index (χ4v) is 3.45. The minimum Gasteiger partial charge on any atom is -0.326 e. The van der Waals surface area contributed by atoms with Crippen molar-refractivity contribution in [2.24, 2.45) is 5.92 Å². The van der Waals surface area contributed by atoms with Crippen LogP contribution < -0.4 is 10.6 Å². The summed E-state index contributed by atoms with van der Waals surface area (Å²) in [4.78, 5) is 39.3. The van der Waals surface area contributed by atoms with E-state index >= 15 is 0 Å². The van der Waals surface area contributed by atoms with Gasteiger partial charge in [0.15, 0.2) is 0 Å². The molecule has 29 heavy (non-hydrogen) atoms. The standard InChI is InChI=1S/C21H18N4O4/c26-20(10-6-15-11-13-3-1-2-4-17(13)23-21(15)27)24-19-9-5-14-12-16(25(28)29)7-8-18(14)22-19/h1-5,7-9,12,15H,6,10-11H2,(H,23,27)(H,22,24,26)/t15-/m0/s1. The Hall–Kier alpha value is -3.81. The molecule has 1 aromatic heterocycles. The van der Waals surface area contributed by atoms with E-state index in [1.54, 1.807) is 18.2 Å². The van der Waals surface area contributed by atoms with E-state index in [1.807, 2.05) is 24.3 Å². The predicted octanol–water partition coefficient (Wildman–Crippen LogP) is 3.67. The summed E-state index contributed by atoms with van der Waals surface area (Å²) >= 11 is 0. The highest BCUT2D eigenvalue weighted by atomic mass is 16.6. The molecule has 0 unspecified atom stereocenters. The van der Waals surface area contributed by atoms with Crippen molar-refractivity contribution in [3.63, 3.8) is 0 Å². The number of anilines is 2. The molecule has 2 aromatic carbocycles. The van der Waals surface area contributed by atoms with Crippen LogP contribution in [0.2, 0.25) is 0 Å². The molecule has 1 atom stereocenters. The van der Waals surface area contributed by atoms with Crippen molar-refractivity contribution in [1.29, 1.82) is 0 Å². The van der Waals surface area contributed by atoms with E-state index in [0.29, 0.717) is 29.6 Å². The molecule has 0 spiro atoms. The molecule has 2 N–H and O–H groups in total. The number of nitro groups is 1. The van der Waals surface area contributed by atoms with Gasteiger partial charge in [-0.05, 0) is 42.7 Å². The zero-order chi connectivity index (χ0) is 20.4. The number of nitrogens with zero attached hydrogens (tertiary/aromatic N) is 2. The van der Waals surface area contributed by atoms with Crippen molar-refractivity contribution < 1.29 is 14.5 Å². The third kappa shape index (κ3) is 4.06. The molecule has 4 rings (SSSR count). The number of carbonyl (C=O) groups excluding carboxylic acids is 2. The van der Waals surface area contributed by atoms with Gasteiger partial charge in [-0.25, -0.2) is 4.98 Å². The molecule has 3 aromatic rings. The highest BCUT2D eigenvalue weighted by molar-refractivity contribution is 5.96. The van der Waals surface area contributed by atoms with Gasteiger partial charge in [0.05, 0.1) is 10.4 Å². The van der Waals surface area contributed by atoms with Gasteiger partial charge in [0.1, 0.15) is 5.82 Å². The fourth-order valence-electron chi connectivity index (χ4n) is 3.45. The molecular weight excluding hydrogens is 372 g/mol. The minimum atomic E-state index is -0.463. The number of pyridine rings is 1. The van der Waals surface area contributed by atoms with E-state index in [1.165, 1.54) is 12.1 Å². The van der Waals surface area contributed by atoms with Gasteiger partial charge in [-0.3, -0.25) is 19.7 Å². The van der Waals surface area contributed by atoms with E-state index in [0.717, 1.165) is 11.3 Å². The second kappa shape index (κ2) is 7.67. The number of hydrogen-bond acceptors (Lipinski definition) is 5. The smallest absolute Gasteiger partial charge is 0.270 e. The Morgan fingerprint density at radius 2 is 2.03 bits per heavy atom. The second-order valence-corrected chi connectivity index (χ2v) is 6.96. The molecule has 2 heterocycles. The molecule has 2 amide bonds. The number of carbonyl (C=O) groups is 2. The van der Waals surface area contributed by atoms with E-state index < -0.39 is 4.92 Å². The SMILES string of the molecule is O=C(CC[C@H]1Cc2ccccc2NC1=O)Nc1ccc2cc([N+](=O)[O-])ccc2n1. The first-order valence-corrected chi connectivity index (χ1v) is 9.23. The Labute approximate surface area is 166 Å². The summed E-state index contributed by atoms with van der Waals surface area (Å²) in [6.07, 6.45) is 1.24. The number of nitrogens with one attached hydrogen (secondary N) is 2. The molecule has 0 bridgehead atoms. The molecule has 146 valence electrons. The van der Waals surface area contributed by atoms with Gasteiger partial charge < -0.3 is 10.6 Å². The normalized spacial score (nSPS) is 15.4. The number of hydrogen-bond donors (Lipinski definition) is 2. The van der Waals surface area contributed by atoms with Crippen molar-refractivity contribution in [2.75, 3.05) is 10.6 Å². The van der Waals surface area contributed by atoms with Crippen molar-refractivity contribution in [3.05, 3.63) is 70.3 Å². The largest absolute Gasteiger partial charge is 0.326 e. The first kappa shape index (κ1) is 18.5. The van der Waals surface area contributed by atoms with Gasteiger partial charge in [0.25, 0.3) is 5.69 Å². The molecule has 8 heteroatoms. The van der Waals surface area contributed by atoms with Crippen molar-refractivity contribution >= 4 is 39.9 Å². The number of aromatic nitrogens is 1. The number of benzene rings is 2. The van der Waals surface area contributed by atoms with Crippen LogP contribution in [0.25, 0.3) is 10.9 Å². The number of non-ortho nitro benzene ring substituents is 1. The summed E-state index contributed by atoms with van der Waals surface area (Å²) in [5.41, 5.74) is 2.45. The molecule has 0 aliphatic carbocycles.